The molecule has 1 aliphatic rings. The van der Waals surface area contributed by atoms with Crippen LogP contribution in [0.1, 0.15) is 32.1 Å². The van der Waals surface area contributed by atoms with Crippen LogP contribution in [0.3, 0.4) is 0 Å². The molecule has 0 spiro atoms. The number of likely N-dealkylation sites (tertiary alicyclic amines) is 1. The molecule has 0 N–H and O–H groups in total. The van der Waals surface area contributed by atoms with Crippen LogP contribution < -0.4 is 0 Å². The standard InChI is InChI=1S/C9H13I2NO/c10-8(11)7-12-6-4-2-1-3-5-9(12)13/h7H,1-6H2. The zero-order valence-electron chi connectivity index (χ0n) is 7.43. The number of carbonyl (C=O) groups excluding carboxylic acids is 1. The van der Waals surface area contributed by atoms with Gasteiger partial charge in [-0.1, -0.05) is 12.8 Å². The summed E-state index contributed by atoms with van der Waals surface area (Å²) < 4.78 is 1.14. The highest BCUT2D eigenvalue weighted by molar-refractivity contribution is 14.2. The number of carbonyl (C=O) groups is 1. The molecule has 0 bridgehead atoms. The van der Waals surface area contributed by atoms with Crippen molar-refractivity contribution in [1.29, 1.82) is 0 Å². The molecule has 1 amide bonds. The van der Waals surface area contributed by atoms with Gasteiger partial charge in [-0.15, -0.1) is 0 Å². The van der Waals surface area contributed by atoms with E-state index in [2.05, 4.69) is 45.2 Å². The molecule has 1 heterocycles. The lowest BCUT2D eigenvalue weighted by molar-refractivity contribution is -0.129. The number of nitrogens with zero attached hydrogens (tertiary/aromatic N) is 1. The van der Waals surface area contributed by atoms with Gasteiger partial charge in [0.25, 0.3) is 0 Å². The number of hydrogen-bond donors (Lipinski definition) is 0. The van der Waals surface area contributed by atoms with Crippen LogP contribution in [-0.2, 0) is 4.79 Å². The number of hydrogen-bond acceptors (Lipinski definition) is 1. The van der Waals surface area contributed by atoms with E-state index in [-0.39, 0.29) is 5.91 Å². The van der Waals surface area contributed by atoms with E-state index in [1.807, 2.05) is 11.1 Å². The summed E-state index contributed by atoms with van der Waals surface area (Å²) in [6.45, 7) is 0.897. The first-order chi connectivity index (χ1) is 6.20. The lowest BCUT2D eigenvalue weighted by Gasteiger charge is -2.20. The highest BCUT2D eigenvalue weighted by Gasteiger charge is 2.13. The minimum absolute atomic E-state index is 0.283. The lowest BCUT2D eigenvalue weighted by atomic mass is 10.1. The van der Waals surface area contributed by atoms with Crippen molar-refractivity contribution < 1.29 is 4.79 Å². The number of halogens is 2. The summed E-state index contributed by atoms with van der Waals surface area (Å²) in [5, 5.41) is 0. The van der Waals surface area contributed by atoms with Gasteiger partial charge in [0.1, 0.15) is 0 Å². The first kappa shape index (κ1) is 11.7. The van der Waals surface area contributed by atoms with Crippen molar-refractivity contribution in [1.82, 2.24) is 4.90 Å². The fraction of sp³-hybridized carbons (Fsp3) is 0.667. The second-order valence-electron chi connectivity index (χ2n) is 3.17. The van der Waals surface area contributed by atoms with E-state index >= 15 is 0 Å². The third-order valence-corrected chi connectivity index (χ3v) is 2.67. The predicted octanol–water partition coefficient (Wildman–Crippen LogP) is 3.45. The normalized spacial score (nSPS) is 19.2. The maximum atomic E-state index is 11.6. The molecule has 0 aromatic rings. The SMILES string of the molecule is O=C1CCCCCCN1C=C(I)I. The Morgan fingerprint density at radius 1 is 1.23 bits per heavy atom. The molecule has 0 radical (unpaired) electrons. The maximum absolute atomic E-state index is 11.6. The van der Waals surface area contributed by atoms with Gasteiger partial charge < -0.3 is 4.90 Å². The van der Waals surface area contributed by atoms with Crippen LogP contribution in [0.5, 0.6) is 0 Å². The van der Waals surface area contributed by atoms with E-state index < -0.39 is 0 Å². The summed E-state index contributed by atoms with van der Waals surface area (Å²) in [5.74, 6) is 0.283. The predicted molar refractivity (Wildman–Crippen MR) is 70.9 cm³/mol. The summed E-state index contributed by atoms with van der Waals surface area (Å²) in [5.41, 5.74) is 0. The van der Waals surface area contributed by atoms with Gasteiger partial charge >= 0.3 is 0 Å². The Hall–Kier alpha value is 0.670. The van der Waals surface area contributed by atoms with Crippen LogP contribution in [0.25, 0.3) is 0 Å². The molecule has 0 saturated carbocycles. The van der Waals surface area contributed by atoms with Gasteiger partial charge in [-0.05, 0) is 58.0 Å². The molecule has 0 aromatic carbocycles. The third-order valence-electron chi connectivity index (χ3n) is 2.11. The van der Waals surface area contributed by atoms with E-state index in [0.29, 0.717) is 0 Å². The Kier molecular flexibility index (Phi) is 5.61. The summed E-state index contributed by atoms with van der Waals surface area (Å²) in [6, 6.07) is 0. The minimum Gasteiger partial charge on any atom is -0.318 e. The van der Waals surface area contributed by atoms with Crippen molar-refractivity contribution in [3.8, 4) is 0 Å². The second-order valence-corrected chi connectivity index (χ2v) is 7.56. The summed E-state index contributed by atoms with van der Waals surface area (Å²) in [7, 11) is 0. The van der Waals surface area contributed by atoms with E-state index in [4.69, 9.17) is 0 Å². The third kappa shape index (κ3) is 4.62. The van der Waals surface area contributed by atoms with Crippen LogP contribution in [0.4, 0.5) is 0 Å². The van der Waals surface area contributed by atoms with E-state index in [1.54, 1.807) is 0 Å². The Morgan fingerprint density at radius 3 is 2.62 bits per heavy atom. The molecule has 13 heavy (non-hydrogen) atoms. The van der Waals surface area contributed by atoms with Crippen molar-refractivity contribution in [3.05, 3.63) is 7.79 Å². The van der Waals surface area contributed by atoms with Gasteiger partial charge in [0, 0.05) is 19.2 Å². The summed E-state index contributed by atoms with van der Waals surface area (Å²) in [6.07, 6.45) is 7.34. The first-order valence-electron chi connectivity index (χ1n) is 4.52. The number of amides is 1. The quantitative estimate of drug-likeness (QED) is 0.613. The van der Waals surface area contributed by atoms with Crippen molar-refractivity contribution in [3.63, 3.8) is 0 Å². The Bertz CT molecular complexity index is 212. The molecular formula is C9H13I2NO. The van der Waals surface area contributed by atoms with Gasteiger partial charge in [0.05, 0.1) is 1.59 Å². The molecule has 74 valence electrons. The highest BCUT2D eigenvalue weighted by atomic mass is 127. The summed E-state index contributed by atoms with van der Waals surface area (Å²) >= 11 is 4.46. The first-order valence-corrected chi connectivity index (χ1v) is 6.68. The molecule has 1 fully saturated rings. The minimum atomic E-state index is 0.283. The molecule has 0 aliphatic carbocycles. The molecular weight excluding hydrogens is 392 g/mol. The van der Waals surface area contributed by atoms with Crippen LogP contribution in [-0.4, -0.2) is 17.4 Å². The van der Waals surface area contributed by atoms with Crippen LogP contribution in [0, 0.1) is 0 Å². The Balaban J connectivity index is 2.56. The van der Waals surface area contributed by atoms with Gasteiger partial charge in [-0.3, -0.25) is 4.79 Å². The van der Waals surface area contributed by atoms with E-state index in [1.165, 1.54) is 12.8 Å². The van der Waals surface area contributed by atoms with E-state index in [0.717, 1.165) is 27.4 Å². The summed E-state index contributed by atoms with van der Waals surface area (Å²) in [4.78, 5) is 13.4. The van der Waals surface area contributed by atoms with Crippen LogP contribution >= 0.6 is 45.2 Å². The topological polar surface area (TPSA) is 20.3 Å². The highest BCUT2D eigenvalue weighted by Crippen LogP contribution is 2.18. The zero-order valence-corrected chi connectivity index (χ0v) is 11.7. The molecule has 4 heteroatoms. The van der Waals surface area contributed by atoms with E-state index in [9.17, 15) is 4.79 Å². The van der Waals surface area contributed by atoms with Crippen molar-refractivity contribution in [2.45, 2.75) is 32.1 Å². The molecule has 0 aromatic heterocycles. The average molecular weight is 405 g/mol. The molecule has 1 aliphatic heterocycles. The van der Waals surface area contributed by atoms with Crippen LogP contribution in [0.2, 0.25) is 0 Å². The Morgan fingerprint density at radius 2 is 1.92 bits per heavy atom. The van der Waals surface area contributed by atoms with Crippen molar-refractivity contribution in [2.75, 3.05) is 6.54 Å². The van der Waals surface area contributed by atoms with Crippen molar-refractivity contribution in [2.24, 2.45) is 0 Å². The van der Waals surface area contributed by atoms with Crippen LogP contribution in [0.15, 0.2) is 7.79 Å². The fourth-order valence-corrected chi connectivity index (χ4v) is 2.11. The molecule has 0 unspecified atom stereocenters. The molecule has 0 atom stereocenters. The molecule has 1 rings (SSSR count). The van der Waals surface area contributed by atoms with Gasteiger partial charge in [0.15, 0.2) is 0 Å². The fourth-order valence-electron chi connectivity index (χ4n) is 1.43. The number of rotatable bonds is 1. The monoisotopic (exact) mass is 405 g/mol. The maximum Gasteiger partial charge on any atom is 0.226 e. The van der Waals surface area contributed by atoms with Gasteiger partial charge in [-0.25, -0.2) is 0 Å². The zero-order chi connectivity index (χ0) is 9.68. The lowest BCUT2D eigenvalue weighted by Crippen LogP contribution is -2.27. The van der Waals surface area contributed by atoms with Crippen molar-refractivity contribution >= 4 is 51.1 Å². The van der Waals surface area contributed by atoms with Gasteiger partial charge in [-0.2, -0.15) is 0 Å². The largest absolute Gasteiger partial charge is 0.318 e. The molecule has 2 nitrogen and oxygen atoms in total. The second kappa shape index (κ2) is 6.21. The van der Waals surface area contributed by atoms with Gasteiger partial charge in [0.2, 0.25) is 5.91 Å². The average Bonchev–Trinajstić information content (AvgIpc) is 2.04. The molecule has 1 saturated heterocycles. The smallest absolute Gasteiger partial charge is 0.226 e. The Labute approximate surface area is 106 Å².